The lowest BCUT2D eigenvalue weighted by molar-refractivity contribution is 0.0698. The van der Waals surface area contributed by atoms with E-state index < -0.39 is 5.97 Å². The predicted molar refractivity (Wildman–Crippen MR) is 76.1 cm³/mol. The van der Waals surface area contributed by atoms with E-state index in [-0.39, 0.29) is 11.6 Å². The van der Waals surface area contributed by atoms with Crippen molar-refractivity contribution in [2.75, 3.05) is 29.9 Å². The zero-order chi connectivity index (χ0) is 13.8. The number of nitrogens with zero attached hydrogens (tertiary/aromatic N) is 1. The van der Waals surface area contributed by atoms with Crippen molar-refractivity contribution < 1.29 is 14.7 Å². The number of anilines is 1. The van der Waals surface area contributed by atoms with Crippen molar-refractivity contribution in [3.8, 4) is 0 Å². The number of benzene rings is 1. The summed E-state index contributed by atoms with van der Waals surface area (Å²) in [6, 6.07) is 4.75. The molecule has 0 atom stereocenters. The number of carboxylic acid groups (broad SMARTS) is 1. The van der Waals surface area contributed by atoms with Gasteiger partial charge in [0.15, 0.2) is 0 Å². The molecule has 1 fully saturated rings. The lowest BCUT2D eigenvalue weighted by Gasteiger charge is -2.26. The van der Waals surface area contributed by atoms with Gasteiger partial charge in [-0.15, -0.1) is 0 Å². The van der Waals surface area contributed by atoms with Gasteiger partial charge in [-0.05, 0) is 19.1 Å². The molecule has 1 aromatic rings. The Hall–Kier alpha value is -1.69. The van der Waals surface area contributed by atoms with Crippen LogP contribution < -0.4 is 5.32 Å². The van der Waals surface area contributed by atoms with Gasteiger partial charge >= 0.3 is 12.0 Å². The number of rotatable bonds is 2. The topological polar surface area (TPSA) is 69.6 Å². The van der Waals surface area contributed by atoms with Crippen LogP contribution in [0, 0.1) is 6.92 Å². The van der Waals surface area contributed by atoms with E-state index in [0.717, 1.165) is 17.1 Å². The third-order valence-electron chi connectivity index (χ3n) is 2.95. The first kappa shape index (κ1) is 13.7. The van der Waals surface area contributed by atoms with Crippen molar-refractivity contribution in [1.29, 1.82) is 0 Å². The van der Waals surface area contributed by atoms with Crippen molar-refractivity contribution in [2.45, 2.75) is 6.92 Å². The van der Waals surface area contributed by atoms with Crippen LogP contribution in [0.25, 0.3) is 0 Å². The first-order valence-electron chi connectivity index (χ1n) is 6.05. The molecule has 1 heterocycles. The summed E-state index contributed by atoms with van der Waals surface area (Å²) in [6.45, 7) is 3.22. The quantitative estimate of drug-likeness (QED) is 0.872. The Balaban J connectivity index is 2.13. The highest BCUT2D eigenvalue weighted by Crippen LogP contribution is 2.19. The molecule has 102 valence electrons. The highest BCUT2D eigenvalue weighted by molar-refractivity contribution is 7.99. The molecule has 0 radical (unpaired) electrons. The van der Waals surface area contributed by atoms with E-state index >= 15 is 0 Å². The first-order valence-corrected chi connectivity index (χ1v) is 7.21. The van der Waals surface area contributed by atoms with Crippen molar-refractivity contribution in [3.63, 3.8) is 0 Å². The Morgan fingerprint density at radius 3 is 2.63 bits per heavy atom. The van der Waals surface area contributed by atoms with E-state index in [1.807, 2.05) is 18.7 Å². The Labute approximate surface area is 116 Å². The van der Waals surface area contributed by atoms with Crippen LogP contribution in [0.5, 0.6) is 0 Å². The molecule has 2 N–H and O–H groups in total. The summed E-state index contributed by atoms with van der Waals surface area (Å²) in [4.78, 5) is 24.9. The van der Waals surface area contributed by atoms with Gasteiger partial charge in [-0.2, -0.15) is 11.8 Å². The molecular formula is C13H16N2O3S. The molecule has 0 aromatic heterocycles. The molecule has 1 aromatic carbocycles. The average molecular weight is 280 g/mol. The summed E-state index contributed by atoms with van der Waals surface area (Å²) in [6.07, 6.45) is 0. The SMILES string of the molecule is Cc1ccc(NC(=O)N2CCSCC2)c(C(=O)O)c1. The van der Waals surface area contributed by atoms with Gasteiger partial charge < -0.3 is 15.3 Å². The number of thioether (sulfide) groups is 1. The van der Waals surface area contributed by atoms with Gasteiger partial charge in [0.25, 0.3) is 0 Å². The minimum atomic E-state index is -1.03. The smallest absolute Gasteiger partial charge is 0.337 e. The van der Waals surface area contributed by atoms with Crippen molar-refractivity contribution in [3.05, 3.63) is 29.3 Å². The summed E-state index contributed by atoms with van der Waals surface area (Å²) in [5, 5.41) is 11.8. The maximum Gasteiger partial charge on any atom is 0.337 e. The molecule has 19 heavy (non-hydrogen) atoms. The number of aromatic carboxylic acids is 1. The third-order valence-corrected chi connectivity index (χ3v) is 3.89. The van der Waals surface area contributed by atoms with Gasteiger partial charge in [-0.25, -0.2) is 9.59 Å². The molecule has 5 nitrogen and oxygen atoms in total. The Bertz CT molecular complexity index is 499. The second-order valence-corrected chi connectivity index (χ2v) is 5.61. The fourth-order valence-electron chi connectivity index (χ4n) is 1.90. The van der Waals surface area contributed by atoms with Gasteiger partial charge in [0.05, 0.1) is 11.3 Å². The number of aryl methyl sites for hydroxylation is 1. The summed E-state index contributed by atoms with van der Waals surface area (Å²) in [5.74, 6) is 0.813. The Kier molecular flexibility index (Phi) is 4.31. The summed E-state index contributed by atoms with van der Waals surface area (Å²) in [7, 11) is 0. The van der Waals surface area contributed by atoms with Gasteiger partial charge in [0.2, 0.25) is 0 Å². The number of urea groups is 1. The number of nitrogens with one attached hydrogen (secondary N) is 1. The number of carbonyl (C=O) groups is 2. The molecule has 6 heteroatoms. The molecule has 2 rings (SSSR count). The van der Waals surface area contributed by atoms with Crippen LogP contribution in [0.15, 0.2) is 18.2 Å². The second-order valence-electron chi connectivity index (χ2n) is 4.38. The second kappa shape index (κ2) is 5.97. The van der Waals surface area contributed by atoms with Crippen molar-refractivity contribution in [2.24, 2.45) is 0 Å². The van der Waals surface area contributed by atoms with Gasteiger partial charge in [0.1, 0.15) is 0 Å². The van der Waals surface area contributed by atoms with Crippen LogP contribution in [0.3, 0.4) is 0 Å². The Morgan fingerprint density at radius 2 is 2.00 bits per heavy atom. The number of carbonyl (C=O) groups excluding carboxylic acids is 1. The molecule has 0 saturated carbocycles. The van der Waals surface area contributed by atoms with Crippen LogP contribution in [-0.4, -0.2) is 46.6 Å². The van der Waals surface area contributed by atoms with Crippen LogP contribution in [-0.2, 0) is 0 Å². The molecule has 0 spiro atoms. The van der Waals surface area contributed by atoms with E-state index in [2.05, 4.69) is 5.32 Å². The molecule has 0 aliphatic carbocycles. The number of hydrogen-bond acceptors (Lipinski definition) is 3. The van der Waals surface area contributed by atoms with Crippen LogP contribution in [0.1, 0.15) is 15.9 Å². The van der Waals surface area contributed by atoms with Gasteiger partial charge in [-0.3, -0.25) is 0 Å². The zero-order valence-electron chi connectivity index (χ0n) is 10.7. The summed E-state index contributed by atoms with van der Waals surface area (Å²) >= 11 is 1.82. The van der Waals surface area contributed by atoms with Crippen LogP contribution in [0.4, 0.5) is 10.5 Å². The summed E-state index contributed by atoms with van der Waals surface area (Å²) in [5.41, 5.74) is 1.32. The molecule has 0 unspecified atom stereocenters. The average Bonchev–Trinajstić information content (AvgIpc) is 2.41. The van der Waals surface area contributed by atoms with Crippen molar-refractivity contribution >= 4 is 29.4 Å². The highest BCUT2D eigenvalue weighted by Gasteiger charge is 2.19. The lowest BCUT2D eigenvalue weighted by Crippen LogP contribution is -2.40. The fraction of sp³-hybridized carbons (Fsp3) is 0.385. The maximum atomic E-state index is 12.0. The van der Waals surface area contributed by atoms with E-state index in [9.17, 15) is 9.59 Å². The van der Waals surface area contributed by atoms with Crippen molar-refractivity contribution in [1.82, 2.24) is 4.90 Å². The van der Waals surface area contributed by atoms with Gasteiger partial charge in [-0.1, -0.05) is 11.6 Å². The lowest BCUT2D eigenvalue weighted by atomic mass is 10.1. The standard InChI is InChI=1S/C13H16N2O3S/c1-9-2-3-11(10(8-9)12(16)17)14-13(18)15-4-6-19-7-5-15/h2-3,8H,4-7H2,1H3,(H,14,18)(H,16,17). The first-order chi connectivity index (χ1) is 9.08. The third kappa shape index (κ3) is 3.41. The van der Waals surface area contributed by atoms with E-state index in [0.29, 0.717) is 18.8 Å². The van der Waals surface area contributed by atoms with Crippen LogP contribution in [0.2, 0.25) is 0 Å². The minimum Gasteiger partial charge on any atom is -0.478 e. The summed E-state index contributed by atoms with van der Waals surface area (Å²) < 4.78 is 0. The van der Waals surface area contributed by atoms with E-state index in [1.165, 1.54) is 0 Å². The maximum absolute atomic E-state index is 12.0. The molecule has 0 bridgehead atoms. The minimum absolute atomic E-state index is 0.125. The molecule has 2 amide bonds. The monoisotopic (exact) mass is 280 g/mol. The zero-order valence-corrected chi connectivity index (χ0v) is 11.5. The largest absolute Gasteiger partial charge is 0.478 e. The molecule has 1 aliphatic heterocycles. The van der Waals surface area contributed by atoms with Crippen LogP contribution >= 0.6 is 11.8 Å². The molecular weight excluding hydrogens is 264 g/mol. The fourth-order valence-corrected chi connectivity index (χ4v) is 2.81. The number of hydrogen-bond donors (Lipinski definition) is 2. The highest BCUT2D eigenvalue weighted by atomic mass is 32.2. The molecule has 1 aliphatic rings. The number of carboxylic acids is 1. The molecule has 1 saturated heterocycles. The Morgan fingerprint density at radius 1 is 1.32 bits per heavy atom. The predicted octanol–water partition coefficient (Wildman–Crippen LogP) is 2.27. The normalized spacial score (nSPS) is 15.1. The van der Waals surface area contributed by atoms with E-state index in [4.69, 9.17) is 5.11 Å². The van der Waals surface area contributed by atoms with Gasteiger partial charge in [0, 0.05) is 24.6 Å². The van der Waals surface area contributed by atoms with E-state index in [1.54, 1.807) is 23.1 Å². The number of amides is 2.